The molecule has 0 radical (unpaired) electrons. The van der Waals surface area contributed by atoms with E-state index in [0.717, 1.165) is 10.5 Å². The first-order chi connectivity index (χ1) is 7.83. The molecular weight excluding hydrogens is 218 g/mol. The standard InChI is InChI=1S/C14H10ClN/c15-13-4-1-10(2-5-13)11-3-6-14-12(9-11)7-8-16-14/h1-9,16H. The van der Waals surface area contributed by atoms with Crippen LogP contribution in [0.3, 0.4) is 0 Å². The summed E-state index contributed by atoms with van der Waals surface area (Å²) in [6.45, 7) is 0. The molecule has 0 aliphatic rings. The van der Waals surface area contributed by atoms with Crippen molar-refractivity contribution in [3.8, 4) is 11.1 Å². The molecule has 1 N–H and O–H groups in total. The van der Waals surface area contributed by atoms with Crippen LogP contribution in [0.5, 0.6) is 0 Å². The molecule has 2 heteroatoms. The molecule has 3 rings (SSSR count). The van der Waals surface area contributed by atoms with Gasteiger partial charge in [-0.05, 0) is 46.8 Å². The molecule has 78 valence electrons. The van der Waals surface area contributed by atoms with Crippen LogP contribution in [0.2, 0.25) is 5.02 Å². The van der Waals surface area contributed by atoms with Crippen molar-refractivity contribution in [1.29, 1.82) is 0 Å². The molecule has 1 heterocycles. The fourth-order valence-corrected chi connectivity index (χ4v) is 2.00. The van der Waals surface area contributed by atoms with Gasteiger partial charge in [-0.15, -0.1) is 0 Å². The van der Waals surface area contributed by atoms with Crippen molar-refractivity contribution in [2.24, 2.45) is 0 Å². The van der Waals surface area contributed by atoms with E-state index in [4.69, 9.17) is 11.6 Å². The predicted molar refractivity (Wildman–Crippen MR) is 68.7 cm³/mol. The second-order valence-electron chi connectivity index (χ2n) is 3.79. The molecule has 0 saturated carbocycles. The maximum atomic E-state index is 5.87. The monoisotopic (exact) mass is 227 g/mol. The van der Waals surface area contributed by atoms with Crippen molar-refractivity contribution in [1.82, 2.24) is 4.98 Å². The highest BCUT2D eigenvalue weighted by atomic mass is 35.5. The number of H-pyrrole nitrogens is 1. The average Bonchev–Trinajstić information content (AvgIpc) is 2.77. The summed E-state index contributed by atoms with van der Waals surface area (Å²) in [5.41, 5.74) is 3.56. The molecule has 0 aliphatic heterocycles. The minimum atomic E-state index is 0.770. The zero-order valence-electron chi connectivity index (χ0n) is 8.57. The van der Waals surface area contributed by atoms with E-state index in [1.54, 1.807) is 0 Å². The van der Waals surface area contributed by atoms with Gasteiger partial charge in [0.15, 0.2) is 0 Å². The Morgan fingerprint density at radius 2 is 1.56 bits per heavy atom. The summed E-state index contributed by atoms with van der Waals surface area (Å²) >= 11 is 5.87. The molecule has 1 nitrogen and oxygen atoms in total. The van der Waals surface area contributed by atoms with E-state index in [9.17, 15) is 0 Å². The van der Waals surface area contributed by atoms with E-state index in [1.807, 2.05) is 30.5 Å². The van der Waals surface area contributed by atoms with Crippen LogP contribution in [0.1, 0.15) is 0 Å². The summed E-state index contributed by atoms with van der Waals surface area (Å²) in [5.74, 6) is 0. The van der Waals surface area contributed by atoms with E-state index < -0.39 is 0 Å². The summed E-state index contributed by atoms with van der Waals surface area (Å²) in [4.78, 5) is 3.19. The average molecular weight is 228 g/mol. The Labute approximate surface area is 98.7 Å². The molecular formula is C14H10ClN. The topological polar surface area (TPSA) is 15.8 Å². The van der Waals surface area contributed by atoms with Gasteiger partial charge in [0.25, 0.3) is 0 Å². The molecule has 0 atom stereocenters. The van der Waals surface area contributed by atoms with Crippen LogP contribution >= 0.6 is 11.6 Å². The largest absolute Gasteiger partial charge is 0.361 e. The third-order valence-corrected chi connectivity index (χ3v) is 2.98. The third kappa shape index (κ3) is 1.59. The van der Waals surface area contributed by atoms with Crippen LogP contribution in [-0.4, -0.2) is 4.98 Å². The second kappa shape index (κ2) is 3.69. The lowest BCUT2D eigenvalue weighted by Crippen LogP contribution is -1.77. The van der Waals surface area contributed by atoms with Crippen molar-refractivity contribution in [3.63, 3.8) is 0 Å². The third-order valence-electron chi connectivity index (χ3n) is 2.73. The molecule has 2 aromatic carbocycles. The zero-order valence-corrected chi connectivity index (χ0v) is 9.33. The molecule has 3 aromatic rings. The van der Waals surface area contributed by atoms with Gasteiger partial charge in [0.2, 0.25) is 0 Å². The smallest absolute Gasteiger partial charge is 0.0454 e. The minimum absolute atomic E-state index is 0.770. The number of fused-ring (bicyclic) bond motifs is 1. The Balaban J connectivity index is 2.14. The molecule has 0 spiro atoms. The summed E-state index contributed by atoms with van der Waals surface area (Å²) in [6, 6.07) is 16.4. The van der Waals surface area contributed by atoms with E-state index >= 15 is 0 Å². The number of rotatable bonds is 1. The van der Waals surface area contributed by atoms with Gasteiger partial charge in [-0.3, -0.25) is 0 Å². The van der Waals surface area contributed by atoms with Gasteiger partial charge in [0.1, 0.15) is 0 Å². The second-order valence-corrected chi connectivity index (χ2v) is 4.22. The fraction of sp³-hybridized carbons (Fsp3) is 0. The normalized spacial score (nSPS) is 10.8. The van der Waals surface area contributed by atoms with Crippen LogP contribution in [-0.2, 0) is 0 Å². The van der Waals surface area contributed by atoms with Crippen molar-refractivity contribution < 1.29 is 0 Å². The zero-order chi connectivity index (χ0) is 11.0. The van der Waals surface area contributed by atoms with Crippen LogP contribution in [0.15, 0.2) is 54.7 Å². The quantitative estimate of drug-likeness (QED) is 0.631. The molecule has 0 unspecified atom stereocenters. The lowest BCUT2D eigenvalue weighted by atomic mass is 10.0. The first kappa shape index (κ1) is 9.49. The van der Waals surface area contributed by atoms with Gasteiger partial charge in [0, 0.05) is 16.7 Å². The van der Waals surface area contributed by atoms with Crippen LogP contribution in [0.4, 0.5) is 0 Å². The van der Waals surface area contributed by atoms with Gasteiger partial charge >= 0.3 is 0 Å². The van der Waals surface area contributed by atoms with Crippen LogP contribution in [0.25, 0.3) is 22.0 Å². The Kier molecular flexibility index (Phi) is 2.19. The van der Waals surface area contributed by atoms with Crippen molar-refractivity contribution in [3.05, 3.63) is 59.8 Å². The highest BCUT2D eigenvalue weighted by Gasteiger charge is 1.99. The number of nitrogens with one attached hydrogen (secondary N) is 1. The van der Waals surface area contributed by atoms with Gasteiger partial charge in [-0.25, -0.2) is 0 Å². The number of benzene rings is 2. The van der Waals surface area contributed by atoms with Gasteiger partial charge in [-0.1, -0.05) is 29.8 Å². The van der Waals surface area contributed by atoms with Gasteiger partial charge < -0.3 is 4.98 Å². The highest BCUT2D eigenvalue weighted by Crippen LogP contribution is 2.24. The Hall–Kier alpha value is -1.73. The molecule has 1 aromatic heterocycles. The number of hydrogen-bond acceptors (Lipinski definition) is 0. The van der Waals surface area contributed by atoms with Crippen molar-refractivity contribution in [2.45, 2.75) is 0 Å². The molecule has 16 heavy (non-hydrogen) atoms. The highest BCUT2D eigenvalue weighted by molar-refractivity contribution is 6.30. The SMILES string of the molecule is Clc1ccc(-c2ccc3[nH]ccc3c2)cc1. The van der Waals surface area contributed by atoms with Crippen molar-refractivity contribution >= 4 is 22.5 Å². The minimum Gasteiger partial charge on any atom is -0.361 e. The Morgan fingerprint density at radius 1 is 0.812 bits per heavy atom. The number of halogens is 1. The summed E-state index contributed by atoms with van der Waals surface area (Å²) in [6.07, 6.45) is 1.95. The van der Waals surface area contributed by atoms with E-state index in [1.165, 1.54) is 16.5 Å². The lowest BCUT2D eigenvalue weighted by Gasteiger charge is -2.02. The van der Waals surface area contributed by atoms with Crippen LogP contribution in [0, 0.1) is 0 Å². The van der Waals surface area contributed by atoms with E-state index in [2.05, 4.69) is 29.2 Å². The number of aromatic nitrogens is 1. The van der Waals surface area contributed by atoms with E-state index in [0.29, 0.717) is 0 Å². The summed E-state index contributed by atoms with van der Waals surface area (Å²) in [5, 5.41) is 2.00. The Bertz CT molecular complexity index is 623. The first-order valence-corrected chi connectivity index (χ1v) is 5.54. The number of aromatic amines is 1. The Morgan fingerprint density at radius 3 is 2.38 bits per heavy atom. The van der Waals surface area contributed by atoms with E-state index in [-0.39, 0.29) is 0 Å². The molecule has 0 fully saturated rings. The molecule has 0 amide bonds. The molecule has 0 bridgehead atoms. The van der Waals surface area contributed by atoms with Crippen LogP contribution < -0.4 is 0 Å². The van der Waals surface area contributed by atoms with Gasteiger partial charge in [0.05, 0.1) is 0 Å². The van der Waals surface area contributed by atoms with Gasteiger partial charge in [-0.2, -0.15) is 0 Å². The molecule has 0 aliphatic carbocycles. The first-order valence-electron chi connectivity index (χ1n) is 5.16. The summed E-state index contributed by atoms with van der Waals surface area (Å²) in [7, 11) is 0. The number of hydrogen-bond donors (Lipinski definition) is 1. The predicted octanol–water partition coefficient (Wildman–Crippen LogP) is 4.49. The van der Waals surface area contributed by atoms with Crippen molar-refractivity contribution in [2.75, 3.05) is 0 Å². The lowest BCUT2D eigenvalue weighted by molar-refractivity contribution is 1.48. The fourth-order valence-electron chi connectivity index (χ4n) is 1.88. The summed E-state index contributed by atoms with van der Waals surface area (Å²) < 4.78 is 0. The maximum absolute atomic E-state index is 5.87. The maximum Gasteiger partial charge on any atom is 0.0454 e. The molecule has 0 saturated heterocycles.